The summed E-state index contributed by atoms with van der Waals surface area (Å²) in [4.78, 5) is 14.9. The number of hydrogen-bond donors (Lipinski definition) is 1. The maximum atomic E-state index is 12.8. The predicted molar refractivity (Wildman–Crippen MR) is 164 cm³/mol. The van der Waals surface area contributed by atoms with E-state index >= 15 is 0 Å². The minimum atomic E-state index is -3.62. The van der Waals surface area contributed by atoms with Gasteiger partial charge in [0, 0.05) is 41.2 Å². The van der Waals surface area contributed by atoms with Crippen LogP contribution in [0, 0.1) is 0 Å². The number of sulfonamides is 1. The Labute approximate surface area is 249 Å². The Hall–Kier alpha value is -3.42. The van der Waals surface area contributed by atoms with Crippen molar-refractivity contribution < 1.29 is 27.4 Å². The molecular weight excluding hydrogens is 574 g/mol. The van der Waals surface area contributed by atoms with E-state index < -0.39 is 10.0 Å². The van der Waals surface area contributed by atoms with Crippen LogP contribution in [0.5, 0.6) is 0 Å². The normalized spacial score (nSPS) is 12.0. The topological polar surface area (TPSA) is 109 Å². The third-order valence-corrected chi connectivity index (χ3v) is 8.62. The highest BCUT2D eigenvalue weighted by atomic mass is 32.2. The molecule has 0 amide bonds. The van der Waals surface area contributed by atoms with Crippen molar-refractivity contribution in [1.29, 1.82) is 0 Å². The van der Waals surface area contributed by atoms with Gasteiger partial charge in [0.15, 0.2) is 0 Å². The predicted octanol–water partition coefficient (Wildman–Crippen LogP) is 6.73. The molecule has 0 aliphatic heterocycles. The van der Waals surface area contributed by atoms with E-state index in [1.54, 1.807) is 24.5 Å². The van der Waals surface area contributed by atoms with E-state index in [2.05, 4.69) is 30.7 Å². The maximum Gasteiger partial charge on any atom is 0.240 e. The smallest absolute Gasteiger partial charge is 0.240 e. The molecule has 0 spiro atoms. The molecule has 0 bridgehead atoms. The number of nitrogens with zero attached hydrogens (tertiary/aromatic N) is 2. The van der Waals surface area contributed by atoms with Crippen molar-refractivity contribution >= 4 is 43.9 Å². The number of benzene rings is 3. The first-order chi connectivity index (χ1) is 20.4. The van der Waals surface area contributed by atoms with Crippen molar-refractivity contribution in [3.05, 3.63) is 85.2 Å². The SMILES string of the molecule is COOOSc1ccc(-c2ccnc3c2ccc2c(-c4ccc(S(=O)(=O)NCCCOC(C)C)cc4)ccnc23)cc1. The molecule has 0 atom stereocenters. The molecule has 0 radical (unpaired) electrons. The fraction of sp³-hybridized carbons (Fsp3) is 0.226. The summed E-state index contributed by atoms with van der Waals surface area (Å²) in [5.74, 6) is 0. The summed E-state index contributed by atoms with van der Waals surface area (Å²) in [5, 5.41) is 6.35. The van der Waals surface area contributed by atoms with Gasteiger partial charge in [-0.25, -0.2) is 18.0 Å². The lowest BCUT2D eigenvalue weighted by Gasteiger charge is -2.12. The third-order valence-electron chi connectivity index (χ3n) is 6.55. The molecule has 0 aliphatic carbocycles. The summed E-state index contributed by atoms with van der Waals surface area (Å²) in [6.45, 7) is 4.72. The molecule has 11 heteroatoms. The minimum absolute atomic E-state index is 0.120. The van der Waals surface area contributed by atoms with Gasteiger partial charge in [0.2, 0.25) is 10.0 Å². The van der Waals surface area contributed by atoms with Crippen LogP contribution in [0.15, 0.2) is 95.0 Å². The van der Waals surface area contributed by atoms with Crippen molar-refractivity contribution in [3.63, 3.8) is 0 Å². The summed E-state index contributed by atoms with van der Waals surface area (Å²) in [7, 11) is -2.25. The lowest BCUT2D eigenvalue weighted by molar-refractivity contribution is -0.447. The molecular formula is C31H31N3O6S2. The number of fused-ring (bicyclic) bond motifs is 3. The van der Waals surface area contributed by atoms with Gasteiger partial charge in [-0.15, -0.1) is 4.33 Å². The highest BCUT2D eigenvalue weighted by molar-refractivity contribution is 7.94. The van der Waals surface area contributed by atoms with Crippen LogP contribution in [-0.2, 0) is 29.0 Å². The van der Waals surface area contributed by atoms with Gasteiger partial charge in [-0.1, -0.05) is 41.4 Å². The first-order valence-electron chi connectivity index (χ1n) is 13.4. The van der Waals surface area contributed by atoms with Crippen molar-refractivity contribution in [3.8, 4) is 22.3 Å². The van der Waals surface area contributed by atoms with Crippen LogP contribution in [0.3, 0.4) is 0 Å². The molecule has 5 aromatic rings. The quantitative estimate of drug-likeness (QED) is 0.0514. The number of ether oxygens (including phenoxy) is 1. The summed E-state index contributed by atoms with van der Waals surface area (Å²) >= 11 is 1.05. The lowest BCUT2D eigenvalue weighted by Crippen LogP contribution is -2.25. The molecule has 5 rings (SSSR count). The van der Waals surface area contributed by atoms with Gasteiger partial charge in [-0.05, 0) is 78.9 Å². The molecule has 0 saturated heterocycles. The molecule has 0 fully saturated rings. The molecule has 0 aliphatic rings. The zero-order valence-corrected chi connectivity index (χ0v) is 25.1. The van der Waals surface area contributed by atoms with Gasteiger partial charge in [-0.3, -0.25) is 9.97 Å². The number of hydrogen-bond acceptors (Lipinski definition) is 9. The van der Waals surface area contributed by atoms with Crippen LogP contribution < -0.4 is 4.72 Å². The van der Waals surface area contributed by atoms with E-state index in [4.69, 9.17) is 9.07 Å². The number of pyridine rings is 2. The summed E-state index contributed by atoms with van der Waals surface area (Å²) in [6, 6.07) is 22.8. The summed E-state index contributed by atoms with van der Waals surface area (Å²) in [6.07, 6.45) is 4.26. The van der Waals surface area contributed by atoms with Gasteiger partial charge < -0.3 is 4.74 Å². The Morgan fingerprint density at radius 1 is 0.810 bits per heavy atom. The van der Waals surface area contributed by atoms with Crippen molar-refractivity contribution in [2.45, 2.75) is 36.2 Å². The van der Waals surface area contributed by atoms with E-state index in [0.29, 0.717) is 19.6 Å². The molecule has 2 aromatic heterocycles. The van der Waals surface area contributed by atoms with Crippen molar-refractivity contribution in [1.82, 2.24) is 14.7 Å². The van der Waals surface area contributed by atoms with Gasteiger partial charge in [-0.2, -0.15) is 0 Å². The number of aromatic nitrogens is 2. The fourth-order valence-corrected chi connectivity index (χ4v) is 6.08. The van der Waals surface area contributed by atoms with Gasteiger partial charge in [0.1, 0.15) is 0 Å². The molecule has 0 unspecified atom stereocenters. The van der Waals surface area contributed by atoms with Gasteiger partial charge >= 0.3 is 0 Å². The molecule has 2 heterocycles. The van der Waals surface area contributed by atoms with Crippen LogP contribution in [-0.4, -0.2) is 44.8 Å². The Bertz CT molecular complexity index is 1760. The zero-order chi connectivity index (χ0) is 29.5. The highest BCUT2D eigenvalue weighted by Gasteiger charge is 2.15. The second-order valence-corrected chi connectivity index (χ2v) is 12.2. The van der Waals surface area contributed by atoms with Crippen LogP contribution in [0.1, 0.15) is 20.3 Å². The Balaban J connectivity index is 1.40. The number of nitrogens with one attached hydrogen (secondary N) is 1. The molecule has 0 saturated carbocycles. The van der Waals surface area contributed by atoms with E-state index in [1.165, 1.54) is 7.11 Å². The van der Waals surface area contributed by atoms with E-state index in [9.17, 15) is 8.42 Å². The van der Waals surface area contributed by atoms with E-state index in [-0.39, 0.29) is 11.0 Å². The largest absolute Gasteiger partial charge is 0.379 e. The van der Waals surface area contributed by atoms with Crippen LogP contribution in [0.4, 0.5) is 0 Å². The third kappa shape index (κ3) is 6.96. The summed E-state index contributed by atoms with van der Waals surface area (Å²) in [5.41, 5.74) is 5.43. The average molecular weight is 606 g/mol. The van der Waals surface area contributed by atoms with Gasteiger partial charge in [0.25, 0.3) is 0 Å². The molecule has 42 heavy (non-hydrogen) atoms. The maximum absolute atomic E-state index is 12.8. The Morgan fingerprint density at radius 2 is 1.38 bits per heavy atom. The first-order valence-corrected chi connectivity index (χ1v) is 15.6. The minimum Gasteiger partial charge on any atom is -0.379 e. The average Bonchev–Trinajstić information content (AvgIpc) is 3.00. The molecule has 218 valence electrons. The second kappa shape index (κ2) is 13.7. The van der Waals surface area contributed by atoms with Crippen LogP contribution in [0.25, 0.3) is 44.1 Å². The molecule has 3 aromatic carbocycles. The van der Waals surface area contributed by atoms with Gasteiger partial charge in [0.05, 0.1) is 41.2 Å². The Morgan fingerprint density at radius 3 is 1.93 bits per heavy atom. The Kier molecular flexibility index (Phi) is 9.80. The lowest BCUT2D eigenvalue weighted by atomic mass is 9.96. The molecule has 1 N–H and O–H groups in total. The molecule has 9 nitrogen and oxygen atoms in total. The standard InChI is InChI=1S/C31H31N3O6S2/c1-21(2)38-20-4-17-34-42(35,36)25-11-7-23(8-12-25)27-16-19-33-31-29(27)14-13-28-26(15-18-32-30(28)31)22-5-9-24(10-6-22)41-40-39-37-3/h5-16,18-19,21,34H,4,17,20H2,1-3H3. The first kappa shape index (κ1) is 30.1. The van der Waals surface area contributed by atoms with Crippen LogP contribution >= 0.6 is 12.0 Å². The fourth-order valence-electron chi connectivity index (χ4n) is 4.60. The highest BCUT2D eigenvalue weighted by Crippen LogP contribution is 2.35. The van der Waals surface area contributed by atoms with E-state index in [0.717, 1.165) is 61.0 Å². The summed E-state index contributed by atoms with van der Waals surface area (Å²) < 4.78 is 38.5. The van der Waals surface area contributed by atoms with Crippen molar-refractivity contribution in [2.24, 2.45) is 0 Å². The van der Waals surface area contributed by atoms with Crippen LogP contribution in [0.2, 0.25) is 0 Å². The monoisotopic (exact) mass is 605 g/mol. The number of rotatable bonds is 13. The van der Waals surface area contributed by atoms with Crippen molar-refractivity contribution in [2.75, 3.05) is 20.3 Å². The van der Waals surface area contributed by atoms with E-state index in [1.807, 2.05) is 68.4 Å². The second-order valence-electron chi connectivity index (χ2n) is 9.68. The zero-order valence-electron chi connectivity index (χ0n) is 23.4.